The lowest BCUT2D eigenvalue weighted by atomic mass is 9.88. The molecule has 1 aromatic heterocycles. The highest BCUT2D eigenvalue weighted by Gasteiger charge is 2.33. The molecule has 32 heavy (non-hydrogen) atoms. The van der Waals surface area contributed by atoms with Crippen LogP contribution in [0.15, 0.2) is 24.3 Å². The summed E-state index contributed by atoms with van der Waals surface area (Å²) >= 11 is 1.39. The molecule has 2 aliphatic rings. The standard InChI is InChI=1S/C22H25FN2O5S2/c1-13-2-7-17-18(10-13)31-22(20(17)21(27)24-15-8-9-32(28,29)12-15)25-19(26)11-30-16-5-3-14(23)4-6-16/h3-6,13,15H,2,7-12H2,1H3,(H,24,27)(H,25,26)/t13-,15+/m0/s1. The van der Waals surface area contributed by atoms with Gasteiger partial charge in [0.05, 0.1) is 17.1 Å². The van der Waals surface area contributed by atoms with Crippen LogP contribution in [0.1, 0.15) is 40.6 Å². The summed E-state index contributed by atoms with van der Waals surface area (Å²) in [5.74, 6) is -0.321. The maximum absolute atomic E-state index is 13.1. The lowest BCUT2D eigenvalue weighted by molar-refractivity contribution is -0.118. The molecule has 0 spiro atoms. The Morgan fingerprint density at radius 2 is 1.97 bits per heavy atom. The zero-order chi connectivity index (χ0) is 22.9. The maximum atomic E-state index is 13.1. The van der Waals surface area contributed by atoms with E-state index in [1.54, 1.807) is 0 Å². The number of amides is 2. The molecule has 2 amide bonds. The van der Waals surface area contributed by atoms with Gasteiger partial charge in [-0.2, -0.15) is 0 Å². The minimum atomic E-state index is -3.12. The van der Waals surface area contributed by atoms with Gasteiger partial charge in [-0.25, -0.2) is 12.8 Å². The molecule has 4 rings (SSSR count). The van der Waals surface area contributed by atoms with Gasteiger partial charge in [0.2, 0.25) is 0 Å². The molecule has 2 N–H and O–H groups in total. The summed E-state index contributed by atoms with van der Waals surface area (Å²) in [5, 5.41) is 6.09. The van der Waals surface area contributed by atoms with Gasteiger partial charge in [0, 0.05) is 10.9 Å². The van der Waals surface area contributed by atoms with Crippen LogP contribution in [0.25, 0.3) is 0 Å². The van der Waals surface area contributed by atoms with E-state index in [1.165, 1.54) is 35.6 Å². The highest BCUT2D eigenvalue weighted by atomic mass is 32.2. The van der Waals surface area contributed by atoms with Crippen molar-refractivity contribution in [3.63, 3.8) is 0 Å². The van der Waals surface area contributed by atoms with Gasteiger partial charge in [0.15, 0.2) is 16.4 Å². The summed E-state index contributed by atoms with van der Waals surface area (Å²) in [5.41, 5.74) is 1.36. The number of sulfone groups is 1. The summed E-state index contributed by atoms with van der Waals surface area (Å²) in [6.07, 6.45) is 2.91. The van der Waals surface area contributed by atoms with E-state index in [4.69, 9.17) is 4.74 Å². The van der Waals surface area contributed by atoms with Gasteiger partial charge in [-0.05, 0) is 61.4 Å². The van der Waals surface area contributed by atoms with Gasteiger partial charge < -0.3 is 15.4 Å². The van der Waals surface area contributed by atoms with E-state index in [2.05, 4.69) is 17.6 Å². The molecule has 2 heterocycles. The van der Waals surface area contributed by atoms with Crippen LogP contribution in [0.5, 0.6) is 5.75 Å². The molecule has 2 aromatic rings. The Morgan fingerprint density at radius 3 is 2.66 bits per heavy atom. The Balaban J connectivity index is 1.49. The predicted molar refractivity (Wildman–Crippen MR) is 121 cm³/mol. The Bertz CT molecular complexity index is 1130. The van der Waals surface area contributed by atoms with Crippen molar-refractivity contribution in [3.05, 3.63) is 46.1 Å². The number of fused-ring (bicyclic) bond motifs is 1. The summed E-state index contributed by atoms with van der Waals surface area (Å²) in [6, 6.07) is 4.93. The minimum absolute atomic E-state index is 0.0602. The summed E-state index contributed by atoms with van der Waals surface area (Å²) in [4.78, 5) is 26.7. The molecule has 0 saturated carbocycles. The molecule has 0 radical (unpaired) electrons. The molecule has 1 aliphatic heterocycles. The van der Waals surface area contributed by atoms with Gasteiger partial charge in [-0.1, -0.05) is 6.92 Å². The number of halogens is 1. The van der Waals surface area contributed by atoms with E-state index < -0.39 is 27.6 Å². The fourth-order valence-electron chi connectivity index (χ4n) is 4.09. The number of benzene rings is 1. The van der Waals surface area contributed by atoms with E-state index in [9.17, 15) is 22.4 Å². The van der Waals surface area contributed by atoms with Crippen molar-refractivity contribution in [1.82, 2.24) is 5.32 Å². The molecule has 0 unspecified atom stereocenters. The smallest absolute Gasteiger partial charge is 0.262 e. The number of ether oxygens (including phenoxy) is 1. The monoisotopic (exact) mass is 480 g/mol. The van der Waals surface area contributed by atoms with Crippen LogP contribution in [-0.2, 0) is 27.5 Å². The first-order valence-electron chi connectivity index (χ1n) is 10.5. The van der Waals surface area contributed by atoms with Crippen molar-refractivity contribution in [2.45, 2.75) is 38.6 Å². The first-order chi connectivity index (χ1) is 15.2. The highest BCUT2D eigenvalue weighted by Crippen LogP contribution is 2.39. The molecule has 1 aromatic carbocycles. The van der Waals surface area contributed by atoms with Crippen molar-refractivity contribution in [3.8, 4) is 5.75 Å². The van der Waals surface area contributed by atoms with Crippen molar-refractivity contribution in [2.24, 2.45) is 5.92 Å². The highest BCUT2D eigenvalue weighted by molar-refractivity contribution is 7.91. The number of thiophene rings is 1. The van der Waals surface area contributed by atoms with E-state index in [0.717, 1.165) is 29.7 Å². The number of hydrogen-bond acceptors (Lipinski definition) is 6. The number of rotatable bonds is 6. The topological polar surface area (TPSA) is 102 Å². The summed E-state index contributed by atoms with van der Waals surface area (Å²) < 4.78 is 41.9. The third-order valence-electron chi connectivity index (χ3n) is 5.74. The van der Waals surface area contributed by atoms with E-state index in [0.29, 0.717) is 28.7 Å². The van der Waals surface area contributed by atoms with Crippen LogP contribution in [0, 0.1) is 11.7 Å². The number of hydrogen-bond donors (Lipinski definition) is 2. The number of carbonyl (C=O) groups is 2. The largest absolute Gasteiger partial charge is 0.484 e. The Hall–Kier alpha value is -2.46. The first-order valence-corrected chi connectivity index (χ1v) is 13.2. The molecule has 1 aliphatic carbocycles. The van der Waals surface area contributed by atoms with Gasteiger partial charge in [0.25, 0.3) is 11.8 Å². The zero-order valence-corrected chi connectivity index (χ0v) is 19.3. The van der Waals surface area contributed by atoms with Crippen LogP contribution >= 0.6 is 11.3 Å². The maximum Gasteiger partial charge on any atom is 0.262 e. The van der Waals surface area contributed by atoms with Crippen LogP contribution in [0.4, 0.5) is 9.39 Å². The molecule has 2 atom stereocenters. The fraction of sp³-hybridized carbons (Fsp3) is 0.455. The van der Waals surface area contributed by atoms with E-state index >= 15 is 0 Å². The Morgan fingerprint density at radius 1 is 1.22 bits per heavy atom. The van der Waals surface area contributed by atoms with Crippen molar-refractivity contribution < 1.29 is 27.1 Å². The summed E-state index contributed by atoms with van der Waals surface area (Å²) in [7, 11) is -3.12. The van der Waals surface area contributed by atoms with Crippen molar-refractivity contribution in [2.75, 3.05) is 23.4 Å². The van der Waals surface area contributed by atoms with Gasteiger partial charge in [0.1, 0.15) is 16.6 Å². The van der Waals surface area contributed by atoms with Crippen LogP contribution in [-0.4, -0.2) is 44.4 Å². The average molecular weight is 481 g/mol. The van der Waals surface area contributed by atoms with Crippen LogP contribution < -0.4 is 15.4 Å². The van der Waals surface area contributed by atoms with E-state index in [-0.39, 0.29) is 24.0 Å². The fourth-order valence-corrected chi connectivity index (χ4v) is 7.19. The van der Waals surface area contributed by atoms with Gasteiger partial charge in [-0.15, -0.1) is 11.3 Å². The van der Waals surface area contributed by atoms with E-state index in [1.807, 2.05) is 0 Å². The average Bonchev–Trinajstić information content (AvgIpc) is 3.25. The molecule has 0 bridgehead atoms. The third kappa shape index (κ3) is 5.29. The molecule has 1 fully saturated rings. The molecule has 1 saturated heterocycles. The molecule has 172 valence electrons. The first kappa shape index (κ1) is 22.7. The molecule has 10 heteroatoms. The number of anilines is 1. The number of nitrogens with one attached hydrogen (secondary N) is 2. The third-order valence-corrected chi connectivity index (χ3v) is 8.68. The SMILES string of the molecule is C[C@H]1CCc2c(sc(NC(=O)COc3ccc(F)cc3)c2C(=O)N[C@@H]2CCS(=O)(=O)C2)C1. The van der Waals surface area contributed by atoms with Crippen molar-refractivity contribution >= 4 is 38.0 Å². The molecular formula is C22H25FN2O5S2. The summed E-state index contributed by atoms with van der Waals surface area (Å²) in [6.45, 7) is 1.87. The second-order valence-electron chi connectivity index (χ2n) is 8.42. The van der Waals surface area contributed by atoms with Gasteiger partial charge >= 0.3 is 0 Å². The van der Waals surface area contributed by atoms with Gasteiger partial charge in [-0.3, -0.25) is 9.59 Å². The molecule has 7 nitrogen and oxygen atoms in total. The van der Waals surface area contributed by atoms with Crippen LogP contribution in [0.2, 0.25) is 0 Å². The second-order valence-corrected chi connectivity index (χ2v) is 11.8. The number of carbonyl (C=O) groups excluding carboxylic acids is 2. The Kier molecular flexibility index (Phi) is 6.52. The lowest BCUT2D eigenvalue weighted by Gasteiger charge is -2.19. The van der Waals surface area contributed by atoms with Crippen molar-refractivity contribution in [1.29, 1.82) is 0 Å². The minimum Gasteiger partial charge on any atom is -0.484 e. The predicted octanol–water partition coefficient (Wildman–Crippen LogP) is 2.95. The second kappa shape index (κ2) is 9.19. The lowest BCUT2D eigenvalue weighted by Crippen LogP contribution is -2.36. The quantitative estimate of drug-likeness (QED) is 0.662. The van der Waals surface area contributed by atoms with Crippen LogP contribution in [0.3, 0.4) is 0 Å². The molecular weight excluding hydrogens is 455 g/mol. The zero-order valence-electron chi connectivity index (χ0n) is 17.6. The Labute approximate surface area is 190 Å². The normalized spacial score (nSPS) is 21.6.